The van der Waals surface area contributed by atoms with Crippen LogP contribution in [0.2, 0.25) is 0 Å². The molecule has 9 heteroatoms. The maximum atomic E-state index is 12.1. The van der Waals surface area contributed by atoms with Crippen molar-refractivity contribution in [1.82, 2.24) is 10.6 Å². The van der Waals surface area contributed by atoms with Crippen LogP contribution in [-0.4, -0.2) is 51.4 Å². The highest BCUT2D eigenvalue weighted by Crippen LogP contribution is 2.09. The van der Waals surface area contributed by atoms with Gasteiger partial charge in [-0.05, 0) is 38.5 Å². The molecule has 0 saturated carbocycles. The van der Waals surface area contributed by atoms with Crippen LogP contribution in [-0.2, 0) is 14.6 Å². The second kappa shape index (κ2) is 12.6. The van der Waals surface area contributed by atoms with Gasteiger partial charge in [0.1, 0.15) is 16.4 Å². The molecular formula is C18H27IN4O3S. The highest BCUT2D eigenvalue weighted by atomic mass is 127. The Morgan fingerprint density at radius 2 is 2.07 bits per heavy atom. The molecule has 1 amide bonds. The van der Waals surface area contributed by atoms with Gasteiger partial charge in [0.2, 0.25) is 5.91 Å². The predicted octanol–water partition coefficient (Wildman–Crippen LogP) is 1.60. The summed E-state index contributed by atoms with van der Waals surface area (Å²) in [4.78, 5) is 16.3. The van der Waals surface area contributed by atoms with Crippen LogP contribution >= 0.6 is 24.0 Å². The summed E-state index contributed by atoms with van der Waals surface area (Å²) in [5, 5.41) is 8.86. The van der Waals surface area contributed by atoms with E-state index in [2.05, 4.69) is 26.9 Å². The van der Waals surface area contributed by atoms with Crippen LogP contribution in [0.5, 0.6) is 0 Å². The monoisotopic (exact) mass is 506 g/mol. The summed E-state index contributed by atoms with van der Waals surface area (Å²) in [5.41, 5.74) is 1.29. The molecule has 0 heterocycles. The van der Waals surface area contributed by atoms with E-state index in [4.69, 9.17) is 6.42 Å². The third kappa shape index (κ3) is 11.5. The first-order valence-corrected chi connectivity index (χ1v) is 10.4. The highest BCUT2D eigenvalue weighted by Gasteiger charge is 2.10. The zero-order valence-electron chi connectivity index (χ0n) is 15.8. The van der Waals surface area contributed by atoms with E-state index in [9.17, 15) is 13.2 Å². The molecule has 1 aromatic carbocycles. The number of aliphatic imine (C=N–C) groups is 1. The van der Waals surface area contributed by atoms with Crippen molar-refractivity contribution in [2.24, 2.45) is 4.99 Å². The molecule has 0 fully saturated rings. The Labute approximate surface area is 178 Å². The van der Waals surface area contributed by atoms with Gasteiger partial charge in [-0.2, -0.15) is 0 Å². The maximum Gasteiger partial charge on any atom is 0.246 e. The molecule has 1 rings (SSSR count). The largest absolute Gasteiger partial charge is 0.357 e. The van der Waals surface area contributed by atoms with Crippen LogP contribution in [0.15, 0.2) is 29.3 Å². The van der Waals surface area contributed by atoms with Crippen LogP contribution in [0.3, 0.4) is 0 Å². The van der Waals surface area contributed by atoms with Crippen LogP contribution in [0, 0.1) is 12.3 Å². The van der Waals surface area contributed by atoms with E-state index in [1.165, 1.54) is 6.26 Å². The first kappa shape index (κ1) is 25.2. The van der Waals surface area contributed by atoms with Crippen LogP contribution in [0.4, 0.5) is 5.69 Å². The zero-order valence-corrected chi connectivity index (χ0v) is 18.9. The second-order valence-corrected chi connectivity index (χ2v) is 8.19. The molecule has 0 bridgehead atoms. The van der Waals surface area contributed by atoms with Crippen molar-refractivity contribution in [2.75, 3.05) is 30.4 Å². The number of nitrogens with one attached hydrogen (secondary N) is 3. The number of carbonyl (C=O) groups excluding carboxylic acids is 1. The van der Waals surface area contributed by atoms with Crippen molar-refractivity contribution >= 4 is 51.4 Å². The van der Waals surface area contributed by atoms with Crippen LogP contribution in [0.1, 0.15) is 25.8 Å². The summed E-state index contributed by atoms with van der Waals surface area (Å²) in [6, 6.07) is 6.90. The summed E-state index contributed by atoms with van der Waals surface area (Å²) in [6.07, 6.45) is 7.00. The molecule has 1 aromatic rings. The highest BCUT2D eigenvalue weighted by molar-refractivity contribution is 14.0. The smallest absolute Gasteiger partial charge is 0.246 e. The fourth-order valence-electron chi connectivity index (χ4n) is 2.05. The summed E-state index contributed by atoms with van der Waals surface area (Å²) in [7, 11) is -3.01. The van der Waals surface area contributed by atoms with Gasteiger partial charge in [-0.1, -0.05) is 12.0 Å². The first-order chi connectivity index (χ1) is 12.2. The van der Waals surface area contributed by atoms with Gasteiger partial charge in [0.25, 0.3) is 0 Å². The standard InChI is InChI=1S/C18H26N4O3S.HI/c1-5-15-8-7-9-16(12-15)22-17(23)13-20-18(19-6-2)21-14(3)10-11-26(4,24)25;/h1,7-9,12,14H,6,10-11,13H2,2-4H3,(H,22,23)(H2,19,20,21);1H. The van der Waals surface area contributed by atoms with Crippen molar-refractivity contribution in [2.45, 2.75) is 26.3 Å². The lowest BCUT2D eigenvalue weighted by Gasteiger charge is -2.17. The molecule has 1 unspecified atom stereocenters. The zero-order chi connectivity index (χ0) is 19.6. The molecule has 3 N–H and O–H groups in total. The number of amides is 1. The van der Waals surface area contributed by atoms with E-state index in [1.807, 2.05) is 13.8 Å². The lowest BCUT2D eigenvalue weighted by molar-refractivity contribution is -0.114. The molecule has 0 spiro atoms. The third-order valence-electron chi connectivity index (χ3n) is 3.34. The molecule has 0 aliphatic heterocycles. The number of rotatable bonds is 8. The molecule has 150 valence electrons. The molecule has 27 heavy (non-hydrogen) atoms. The van der Waals surface area contributed by atoms with Crippen molar-refractivity contribution in [3.05, 3.63) is 29.8 Å². The third-order valence-corrected chi connectivity index (χ3v) is 4.32. The number of hydrogen-bond acceptors (Lipinski definition) is 4. The number of anilines is 1. The molecule has 1 atom stereocenters. The lowest BCUT2D eigenvalue weighted by Crippen LogP contribution is -2.43. The Morgan fingerprint density at radius 1 is 1.37 bits per heavy atom. The summed E-state index contributed by atoms with van der Waals surface area (Å²) >= 11 is 0. The minimum Gasteiger partial charge on any atom is -0.357 e. The lowest BCUT2D eigenvalue weighted by atomic mass is 10.2. The van der Waals surface area contributed by atoms with Gasteiger partial charge in [-0.3, -0.25) is 4.79 Å². The Balaban J connectivity index is 0.00000676. The van der Waals surface area contributed by atoms with Crippen LogP contribution < -0.4 is 16.0 Å². The minimum absolute atomic E-state index is 0. The predicted molar refractivity (Wildman–Crippen MR) is 121 cm³/mol. The maximum absolute atomic E-state index is 12.1. The summed E-state index contributed by atoms with van der Waals surface area (Å²) in [5.74, 6) is 2.78. The summed E-state index contributed by atoms with van der Waals surface area (Å²) < 4.78 is 22.5. The summed E-state index contributed by atoms with van der Waals surface area (Å²) in [6.45, 7) is 4.32. The minimum atomic E-state index is -3.01. The number of terminal acetylenes is 1. The van der Waals surface area contributed by atoms with Gasteiger partial charge >= 0.3 is 0 Å². The van der Waals surface area contributed by atoms with E-state index in [0.29, 0.717) is 30.2 Å². The van der Waals surface area contributed by atoms with E-state index >= 15 is 0 Å². The number of guanidine groups is 1. The number of benzene rings is 1. The van der Waals surface area contributed by atoms with E-state index in [-0.39, 0.29) is 48.2 Å². The molecule has 0 aliphatic carbocycles. The molecule has 0 aliphatic rings. The fourth-order valence-corrected chi connectivity index (χ4v) is 2.84. The number of carbonyl (C=O) groups is 1. The fraction of sp³-hybridized carbons (Fsp3) is 0.444. The second-order valence-electron chi connectivity index (χ2n) is 5.93. The van der Waals surface area contributed by atoms with E-state index in [1.54, 1.807) is 24.3 Å². The van der Waals surface area contributed by atoms with Crippen molar-refractivity contribution in [3.63, 3.8) is 0 Å². The molecular weight excluding hydrogens is 479 g/mol. The van der Waals surface area contributed by atoms with Gasteiger partial charge in [0.15, 0.2) is 5.96 Å². The quantitative estimate of drug-likeness (QED) is 0.215. The van der Waals surface area contributed by atoms with Gasteiger partial charge in [0, 0.05) is 30.1 Å². The Kier molecular flexibility index (Phi) is 11.7. The van der Waals surface area contributed by atoms with Gasteiger partial charge in [-0.15, -0.1) is 30.4 Å². The first-order valence-electron chi connectivity index (χ1n) is 8.32. The average molecular weight is 506 g/mol. The average Bonchev–Trinajstić information content (AvgIpc) is 2.57. The van der Waals surface area contributed by atoms with Crippen molar-refractivity contribution in [1.29, 1.82) is 0 Å². The number of nitrogens with zero attached hydrogens (tertiary/aromatic N) is 1. The number of hydrogen-bond donors (Lipinski definition) is 3. The van der Waals surface area contributed by atoms with Crippen molar-refractivity contribution < 1.29 is 13.2 Å². The van der Waals surface area contributed by atoms with Gasteiger partial charge < -0.3 is 16.0 Å². The van der Waals surface area contributed by atoms with Crippen LogP contribution in [0.25, 0.3) is 0 Å². The van der Waals surface area contributed by atoms with Gasteiger partial charge in [0.05, 0.1) is 5.75 Å². The molecule has 0 aromatic heterocycles. The van der Waals surface area contributed by atoms with Gasteiger partial charge in [-0.25, -0.2) is 13.4 Å². The van der Waals surface area contributed by atoms with E-state index in [0.717, 1.165) is 0 Å². The Bertz CT molecular complexity index is 788. The molecule has 0 saturated heterocycles. The SMILES string of the molecule is C#Cc1cccc(NC(=O)CN=C(NCC)NC(C)CCS(C)(=O)=O)c1.I. The van der Waals surface area contributed by atoms with Crippen molar-refractivity contribution in [3.8, 4) is 12.3 Å². The number of sulfone groups is 1. The van der Waals surface area contributed by atoms with E-state index < -0.39 is 9.84 Å². The topological polar surface area (TPSA) is 99.7 Å². The Morgan fingerprint density at radius 3 is 2.67 bits per heavy atom. The number of halogens is 1. The molecule has 7 nitrogen and oxygen atoms in total. The molecule has 0 radical (unpaired) electrons. The Hall–Kier alpha value is -1.80. The normalized spacial score (nSPS) is 12.3.